The van der Waals surface area contributed by atoms with Gasteiger partial charge in [-0.25, -0.2) is 9.98 Å². The third-order valence-corrected chi connectivity index (χ3v) is 10.7. The Kier molecular flexibility index (Phi) is 11.3. The number of para-hydroxylation sites is 2. The number of aliphatic imine (C=N–C) groups is 2. The molecule has 0 amide bonds. The summed E-state index contributed by atoms with van der Waals surface area (Å²) in [5, 5.41) is 10.9. The van der Waals surface area contributed by atoms with Crippen molar-refractivity contribution in [2.45, 2.75) is 58.0 Å². The van der Waals surface area contributed by atoms with Crippen molar-refractivity contribution < 1.29 is 9.84 Å². The second-order valence-electron chi connectivity index (χ2n) is 14.1. The molecule has 0 atom stereocenters. The zero-order chi connectivity index (χ0) is 37.3. The Morgan fingerprint density at radius 1 is 0.593 bits per heavy atom. The number of benzene rings is 6. The van der Waals surface area contributed by atoms with Gasteiger partial charge in [-0.1, -0.05) is 128 Å². The second-order valence-corrected chi connectivity index (χ2v) is 14.1. The van der Waals surface area contributed by atoms with Gasteiger partial charge in [0.15, 0.2) is 0 Å². The Balaban J connectivity index is 1.47. The number of hydrogen-bond acceptors (Lipinski definition) is 4. The summed E-state index contributed by atoms with van der Waals surface area (Å²) in [5.74, 6) is 7.72. The zero-order valence-corrected chi connectivity index (χ0v) is 31.3. The van der Waals surface area contributed by atoms with Gasteiger partial charge in [0.25, 0.3) is 0 Å². The van der Waals surface area contributed by atoms with Crippen molar-refractivity contribution in [3.05, 3.63) is 196 Å². The summed E-state index contributed by atoms with van der Waals surface area (Å²) >= 11 is 0. The van der Waals surface area contributed by atoms with Crippen molar-refractivity contribution in [1.29, 1.82) is 0 Å². The highest BCUT2D eigenvalue weighted by atomic mass is 16.5. The number of aliphatic hydroxyl groups excluding tert-OH is 1. The molecule has 0 unspecified atom stereocenters. The van der Waals surface area contributed by atoms with Crippen LogP contribution in [0.25, 0.3) is 11.1 Å². The van der Waals surface area contributed by atoms with Crippen LogP contribution in [0.15, 0.2) is 156 Å². The van der Waals surface area contributed by atoms with Gasteiger partial charge in [0.05, 0.1) is 36.2 Å². The van der Waals surface area contributed by atoms with Crippen LogP contribution in [0.1, 0.15) is 82.2 Å². The molecule has 0 bridgehead atoms. The molecule has 1 fully saturated rings. The van der Waals surface area contributed by atoms with Crippen LogP contribution in [0.3, 0.4) is 0 Å². The number of nitrogens with zero attached hydrogens (tertiary/aromatic N) is 2. The maximum atomic E-state index is 10.9. The molecule has 54 heavy (non-hydrogen) atoms. The minimum Gasteiger partial charge on any atom is -0.496 e. The molecule has 0 aromatic heterocycles. The molecule has 0 spiro atoms. The van der Waals surface area contributed by atoms with E-state index in [2.05, 4.69) is 86.3 Å². The normalized spacial score (nSPS) is 13.3. The zero-order valence-electron chi connectivity index (χ0n) is 31.3. The van der Waals surface area contributed by atoms with E-state index in [-0.39, 0.29) is 12.0 Å². The van der Waals surface area contributed by atoms with Gasteiger partial charge >= 0.3 is 0 Å². The molecule has 268 valence electrons. The molecule has 4 heteroatoms. The summed E-state index contributed by atoms with van der Waals surface area (Å²) in [7, 11) is 1.75. The molecule has 1 saturated carbocycles. The van der Waals surface area contributed by atoms with Crippen molar-refractivity contribution in [2.75, 3.05) is 7.11 Å². The maximum absolute atomic E-state index is 10.9. The predicted octanol–water partition coefficient (Wildman–Crippen LogP) is 11.9. The van der Waals surface area contributed by atoms with Crippen molar-refractivity contribution in [3.8, 4) is 5.75 Å². The van der Waals surface area contributed by atoms with Crippen LogP contribution in [-0.2, 0) is 12.0 Å². The van der Waals surface area contributed by atoms with Crippen LogP contribution in [0, 0.1) is 13.8 Å². The minimum absolute atomic E-state index is 0.0877. The first-order valence-electron chi connectivity index (χ1n) is 18.8. The summed E-state index contributed by atoms with van der Waals surface area (Å²) in [6.45, 7) is 4.17. The Morgan fingerprint density at radius 3 is 1.52 bits per heavy atom. The van der Waals surface area contributed by atoms with Crippen LogP contribution in [0.4, 0.5) is 11.4 Å². The Morgan fingerprint density at radius 2 is 1.04 bits per heavy atom. The molecule has 1 aliphatic carbocycles. The van der Waals surface area contributed by atoms with Gasteiger partial charge in [0.1, 0.15) is 5.75 Å². The van der Waals surface area contributed by atoms with Crippen LogP contribution in [0.5, 0.6) is 5.75 Å². The van der Waals surface area contributed by atoms with E-state index in [0.717, 1.165) is 92.9 Å². The van der Waals surface area contributed by atoms with Gasteiger partial charge in [-0.15, -0.1) is 0 Å². The molecule has 1 N–H and O–H groups in total. The third kappa shape index (κ3) is 7.69. The molecule has 0 aliphatic heterocycles. The number of hydrogen-bond donors (Lipinski definition) is 1. The lowest BCUT2D eigenvalue weighted by Crippen LogP contribution is -2.31. The van der Waals surface area contributed by atoms with Crippen LogP contribution in [0.2, 0.25) is 0 Å². The smallest absolute Gasteiger partial charge is 0.130 e. The molecule has 0 radical (unpaired) electrons. The van der Waals surface area contributed by atoms with Crippen molar-refractivity contribution in [1.82, 2.24) is 0 Å². The summed E-state index contributed by atoms with van der Waals surface area (Å²) in [6, 6.07) is 49.8. The van der Waals surface area contributed by atoms with Crippen molar-refractivity contribution in [2.24, 2.45) is 9.98 Å². The van der Waals surface area contributed by atoms with Gasteiger partial charge in [-0.3, -0.25) is 0 Å². The number of rotatable bonds is 10. The molecule has 0 heterocycles. The minimum atomic E-state index is -0.283. The summed E-state index contributed by atoms with van der Waals surface area (Å²) in [5.41, 5.74) is 12.5. The molecule has 6 aromatic carbocycles. The molecule has 7 rings (SSSR count). The number of ether oxygens (including phenoxy) is 1. The molecule has 4 nitrogen and oxygen atoms in total. The maximum Gasteiger partial charge on any atom is 0.130 e. The van der Waals surface area contributed by atoms with E-state index in [1.165, 1.54) is 17.5 Å². The van der Waals surface area contributed by atoms with E-state index < -0.39 is 0 Å². The summed E-state index contributed by atoms with van der Waals surface area (Å²) in [4.78, 5) is 9.64. The van der Waals surface area contributed by atoms with Crippen molar-refractivity contribution in [3.63, 3.8) is 0 Å². The predicted molar refractivity (Wildman–Crippen MR) is 224 cm³/mol. The monoisotopic (exact) mass is 706 g/mol. The first-order chi connectivity index (χ1) is 26.5. The van der Waals surface area contributed by atoms with E-state index in [0.29, 0.717) is 0 Å². The van der Waals surface area contributed by atoms with E-state index in [9.17, 15) is 5.11 Å². The second kappa shape index (κ2) is 16.8. The fourth-order valence-electron chi connectivity index (χ4n) is 7.95. The molecule has 1 aliphatic rings. The van der Waals surface area contributed by atoms with Gasteiger partial charge in [-0.05, 0) is 119 Å². The summed E-state index contributed by atoms with van der Waals surface area (Å²) in [6.07, 6.45) is 5.43. The molecular weight excluding hydrogens is 661 g/mol. The Labute approximate surface area is 319 Å². The van der Waals surface area contributed by atoms with Crippen molar-refractivity contribution >= 4 is 34.3 Å². The lowest BCUT2D eigenvalue weighted by Gasteiger charge is -2.40. The lowest BCUT2D eigenvalue weighted by molar-refractivity contribution is 0.280. The van der Waals surface area contributed by atoms with Crippen LogP contribution < -0.4 is 4.74 Å². The van der Waals surface area contributed by atoms with Gasteiger partial charge in [-0.2, -0.15) is 0 Å². The molecule has 0 saturated heterocycles. The highest BCUT2D eigenvalue weighted by molar-refractivity contribution is 6.02. The first kappa shape index (κ1) is 36.3. The number of methoxy groups -OCH3 is 1. The van der Waals surface area contributed by atoms with Gasteiger partial charge in [0, 0.05) is 11.0 Å². The average Bonchev–Trinajstić information content (AvgIpc) is 3.22. The Hall–Kier alpha value is -6.02. The summed E-state index contributed by atoms with van der Waals surface area (Å²) < 4.78 is 6.17. The Bertz CT molecular complexity index is 2180. The fourth-order valence-corrected chi connectivity index (χ4v) is 7.95. The number of aliphatic hydroxyl groups is 1. The van der Waals surface area contributed by atoms with Crippen LogP contribution in [-0.4, -0.2) is 24.0 Å². The fraction of sp³-hybridized carbons (Fsp3) is 0.200. The highest BCUT2D eigenvalue weighted by Crippen LogP contribution is 2.49. The SMILES string of the molecule is COc1c(C)cc(C2(c3cc(C)c(CO)c(C(=C=Nc4ccccc4)c4ccccc4)c3)CCCCC2)cc1C(=C=Nc1ccccc1)c1ccccc1. The van der Waals surface area contributed by atoms with Gasteiger partial charge in [0.2, 0.25) is 0 Å². The van der Waals surface area contributed by atoms with E-state index in [4.69, 9.17) is 14.7 Å². The quantitative estimate of drug-likeness (QED) is 0.144. The average molecular weight is 707 g/mol. The number of aryl methyl sites for hydroxylation is 2. The van der Waals surface area contributed by atoms with E-state index in [1.54, 1.807) is 7.11 Å². The van der Waals surface area contributed by atoms with Gasteiger partial charge < -0.3 is 9.84 Å². The topological polar surface area (TPSA) is 54.2 Å². The van der Waals surface area contributed by atoms with Crippen LogP contribution >= 0.6 is 0 Å². The lowest BCUT2D eigenvalue weighted by atomic mass is 9.64. The standard InChI is InChI=1S/C50H46N2O2/c1-36-29-40(31-44(48(36)35-53)46(38-19-9-4-10-20-38)33-51-42-23-13-6-14-24-42)50(27-17-8-18-28-50)41-30-37(2)49(54-3)45(32-41)47(39-21-11-5-12-22-39)34-52-43-25-15-7-16-26-43/h4-7,9-16,19-26,29-32,53H,8,17-18,27-28,35H2,1-3H3. The third-order valence-electron chi connectivity index (χ3n) is 10.7. The highest BCUT2D eigenvalue weighted by Gasteiger charge is 2.38. The molecular formula is C50H46N2O2. The van der Waals surface area contributed by atoms with E-state index in [1.807, 2.05) is 84.9 Å². The molecule has 6 aromatic rings. The first-order valence-corrected chi connectivity index (χ1v) is 18.8. The largest absolute Gasteiger partial charge is 0.496 e. The van der Waals surface area contributed by atoms with E-state index >= 15 is 0 Å².